The lowest BCUT2D eigenvalue weighted by Gasteiger charge is -2.01. The highest BCUT2D eigenvalue weighted by Gasteiger charge is 2.16. The number of hydrogen-bond donors (Lipinski definition) is 1. The van der Waals surface area contributed by atoms with Gasteiger partial charge in [-0.05, 0) is 44.0 Å². The molecule has 0 bridgehead atoms. The molecule has 0 saturated heterocycles. The summed E-state index contributed by atoms with van der Waals surface area (Å²) in [5, 5.41) is 13.9. The molecule has 0 aliphatic rings. The fraction of sp³-hybridized carbons (Fsp3) is 0.188. The number of phenols is 1. The fourth-order valence-electron chi connectivity index (χ4n) is 2.20. The molecule has 21 heavy (non-hydrogen) atoms. The van der Waals surface area contributed by atoms with Crippen LogP contribution in [0.4, 0.5) is 0 Å². The van der Waals surface area contributed by atoms with Crippen molar-refractivity contribution in [1.82, 2.24) is 15.1 Å². The first kappa shape index (κ1) is 13.3. The van der Waals surface area contributed by atoms with Crippen molar-refractivity contribution >= 4 is 0 Å². The Bertz CT molecular complexity index is 809. The number of nitrogens with zero attached hydrogens (tertiary/aromatic N) is 3. The number of rotatable bonds is 2. The lowest BCUT2D eigenvalue weighted by Crippen LogP contribution is -1.91. The van der Waals surface area contributed by atoms with Crippen LogP contribution in [0.15, 0.2) is 35.0 Å². The predicted molar refractivity (Wildman–Crippen MR) is 78.8 cm³/mol. The largest absolute Gasteiger partial charge is 0.507 e. The zero-order valence-electron chi connectivity index (χ0n) is 12.1. The third kappa shape index (κ3) is 2.50. The van der Waals surface area contributed by atoms with Gasteiger partial charge in [-0.15, -0.1) is 0 Å². The Morgan fingerprint density at radius 2 is 1.86 bits per heavy atom. The lowest BCUT2D eigenvalue weighted by molar-refractivity contribution is 0.425. The van der Waals surface area contributed by atoms with Crippen molar-refractivity contribution in [3.63, 3.8) is 0 Å². The molecule has 0 aliphatic carbocycles. The first-order valence-corrected chi connectivity index (χ1v) is 6.62. The molecule has 1 N–H and O–H groups in total. The van der Waals surface area contributed by atoms with Crippen LogP contribution in [-0.4, -0.2) is 20.2 Å². The molecule has 0 spiro atoms. The van der Waals surface area contributed by atoms with Crippen LogP contribution in [0.2, 0.25) is 0 Å². The molecular weight excluding hydrogens is 266 g/mol. The van der Waals surface area contributed by atoms with Gasteiger partial charge in [0.1, 0.15) is 11.4 Å². The van der Waals surface area contributed by atoms with Gasteiger partial charge in [0.15, 0.2) is 0 Å². The van der Waals surface area contributed by atoms with Crippen molar-refractivity contribution in [3.8, 4) is 28.7 Å². The van der Waals surface area contributed by atoms with E-state index in [2.05, 4.69) is 15.1 Å². The minimum atomic E-state index is 0.115. The van der Waals surface area contributed by atoms with Gasteiger partial charge in [0.25, 0.3) is 5.89 Å². The van der Waals surface area contributed by atoms with E-state index in [4.69, 9.17) is 4.52 Å². The van der Waals surface area contributed by atoms with E-state index in [9.17, 15) is 5.11 Å². The maximum atomic E-state index is 9.92. The topological polar surface area (TPSA) is 72.0 Å². The van der Waals surface area contributed by atoms with Crippen molar-refractivity contribution in [3.05, 3.63) is 47.2 Å². The molecule has 0 atom stereocenters. The second-order valence-electron chi connectivity index (χ2n) is 5.12. The maximum Gasteiger partial charge on any atom is 0.262 e. The molecule has 5 nitrogen and oxygen atoms in total. The van der Waals surface area contributed by atoms with Crippen molar-refractivity contribution in [2.75, 3.05) is 0 Å². The van der Waals surface area contributed by atoms with Gasteiger partial charge in [-0.25, -0.2) is 0 Å². The number of aromatic hydroxyl groups is 1. The molecule has 2 aromatic heterocycles. The molecule has 3 rings (SSSR count). The van der Waals surface area contributed by atoms with Gasteiger partial charge in [-0.1, -0.05) is 22.9 Å². The van der Waals surface area contributed by atoms with Crippen LogP contribution in [0.3, 0.4) is 0 Å². The van der Waals surface area contributed by atoms with Gasteiger partial charge in [-0.3, -0.25) is 4.98 Å². The SMILES string of the molecule is Cc1cnc(-c2noc(-c3cc(C)ccc3O)n2)c(C)c1. The number of phenolic OH excluding ortho intramolecular Hbond substituents is 1. The zero-order valence-corrected chi connectivity index (χ0v) is 12.1. The van der Waals surface area contributed by atoms with E-state index in [0.29, 0.717) is 17.1 Å². The number of aromatic nitrogens is 3. The van der Waals surface area contributed by atoms with E-state index in [-0.39, 0.29) is 11.6 Å². The van der Waals surface area contributed by atoms with Crippen LogP contribution >= 0.6 is 0 Å². The molecule has 106 valence electrons. The van der Waals surface area contributed by atoms with E-state index in [1.165, 1.54) is 0 Å². The summed E-state index contributed by atoms with van der Waals surface area (Å²) in [5.74, 6) is 0.820. The molecular formula is C16H15N3O2. The summed E-state index contributed by atoms with van der Waals surface area (Å²) in [4.78, 5) is 8.69. The Labute approximate surface area is 122 Å². The average molecular weight is 281 g/mol. The summed E-state index contributed by atoms with van der Waals surface area (Å²) in [7, 11) is 0. The van der Waals surface area contributed by atoms with E-state index >= 15 is 0 Å². The number of pyridine rings is 1. The molecule has 1 aromatic carbocycles. The van der Waals surface area contributed by atoms with E-state index in [0.717, 1.165) is 16.7 Å². The van der Waals surface area contributed by atoms with Crippen molar-refractivity contribution in [1.29, 1.82) is 0 Å². The average Bonchev–Trinajstić information content (AvgIpc) is 2.91. The van der Waals surface area contributed by atoms with E-state index in [1.807, 2.05) is 39.0 Å². The second kappa shape index (κ2) is 5.01. The highest BCUT2D eigenvalue weighted by molar-refractivity contribution is 5.65. The van der Waals surface area contributed by atoms with Gasteiger partial charge >= 0.3 is 0 Å². The first-order chi connectivity index (χ1) is 10.0. The third-order valence-electron chi connectivity index (χ3n) is 3.24. The number of benzene rings is 1. The summed E-state index contributed by atoms with van der Waals surface area (Å²) < 4.78 is 5.27. The zero-order chi connectivity index (χ0) is 15.0. The predicted octanol–water partition coefficient (Wildman–Crippen LogP) is 3.43. The summed E-state index contributed by atoms with van der Waals surface area (Å²) >= 11 is 0. The highest BCUT2D eigenvalue weighted by atomic mass is 16.5. The molecule has 2 heterocycles. The van der Waals surface area contributed by atoms with Crippen LogP contribution in [-0.2, 0) is 0 Å². The molecule has 5 heteroatoms. The Morgan fingerprint density at radius 3 is 2.62 bits per heavy atom. The minimum Gasteiger partial charge on any atom is -0.507 e. The van der Waals surface area contributed by atoms with Gasteiger partial charge < -0.3 is 9.63 Å². The third-order valence-corrected chi connectivity index (χ3v) is 3.24. The smallest absolute Gasteiger partial charge is 0.262 e. The maximum absolute atomic E-state index is 9.92. The van der Waals surface area contributed by atoms with E-state index in [1.54, 1.807) is 12.3 Å². The standard InChI is InChI=1S/C16H15N3O2/c1-9-4-5-13(20)12(7-9)16-18-15(19-21-16)14-11(3)6-10(2)8-17-14/h4-8,20H,1-3H3. The molecule has 0 saturated carbocycles. The summed E-state index contributed by atoms with van der Waals surface area (Å²) in [6.45, 7) is 5.87. The monoisotopic (exact) mass is 281 g/mol. The van der Waals surface area contributed by atoms with Gasteiger partial charge in [-0.2, -0.15) is 4.98 Å². The van der Waals surface area contributed by atoms with Crippen LogP contribution in [0.5, 0.6) is 5.75 Å². The normalized spacial score (nSPS) is 10.8. The molecule has 0 amide bonds. The highest BCUT2D eigenvalue weighted by Crippen LogP contribution is 2.30. The van der Waals surface area contributed by atoms with Crippen molar-refractivity contribution in [2.24, 2.45) is 0 Å². The van der Waals surface area contributed by atoms with E-state index < -0.39 is 0 Å². The van der Waals surface area contributed by atoms with Crippen LogP contribution in [0.1, 0.15) is 16.7 Å². The van der Waals surface area contributed by atoms with Crippen LogP contribution in [0.25, 0.3) is 23.0 Å². The number of hydrogen-bond acceptors (Lipinski definition) is 5. The van der Waals surface area contributed by atoms with Gasteiger partial charge in [0, 0.05) is 6.20 Å². The van der Waals surface area contributed by atoms with Gasteiger partial charge in [0.2, 0.25) is 5.82 Å². The quantitative estimate of drug-likeness (QED) is 0.779. The first-order valence-electron chi connectivity index (χ1n) is 6.62. The van der Waals surface area contributed by atoms with Crippen molar-refractivity contribution < 1.29 is 9.63 Å². The van der Waals surface area contributed by atoms with Crippen LogP contribution < -0.4 is 0 Å². The number of aryl methyl sites for hydroxylation is 3. The molecule has 3 aromatic rings. The molecule has 0 unspecified atom stereocenters. The minimum absolute atomic E-state index is 0.115. The summed E-state index contributed by atoms with van der Waals surface area (Å²) in [6.07, 6.45) is 1.77. The molecule has 0 radical (unpaired) electrons. The summed E-state index contributed by atoms with van der Waals surface area (Å²) in [5.41, 5.74) is 4.28. The fourth-order valence-corrected chi connectivity index (χ4v) is 2.20. The second-order valence-corrected chi connectivity index (χ2v) is 5.12. The van der Waals surface area contributed by atoms with Gasteiger partial charge in [0.05, 0.1) is 5.56 Å². The Balaban J connectivity index is 2.06. The molecule has 0 fully saturated rings. The Morgan fingerprint density at radius 1 is 1.05 bits per heavy atom. The van der Waals surface area contributed by atoms with Crippen molar-refractivity contribution in [2.45, 2.75) is 20.8 Å². The summed E-state index contributed by atoms with van der Waals surface area (Å²) in [6, 6.07) is 7.26. The van der Waals surface area contributed by atoms with Crippen LogP contribution in [0, 0.1) is 20.8 Å². The lowest BCUT2D eigenvalue weighted by atomic mass is 10.1. The Hall–Kier alpha value is -2.69. The Kier molecular flexibility index (Phi) is 3.17. The molecule has 0 aliphatic heterocycles.